The molecule has 2 heterocycles. The van der Waals surface area contributed by atoms with Crippen LogP contribution in [0.4, 0.5) is 0 Å². The van der Waals surface area contributed by atoms with E-state index < -0.39 is 0 Å². The summed E-state index contributed by atoms with van der Waals surface area (Å²) in [6.07, 6.45) is 0. The van der Waals surface area contributed by atoms with Crippen molar-refractivity contribution in [3.05, 3.63) is 43.2 Å². The van der Waals surface area contributed by atoms with E-state index in [0.717, 1.165) is 16.4 Å². The van der Waals surface area contributed by atoms with Gasteiger partial charge in [0.05, 0.1) is 9.90 Å². The average molecular weight is 283 g/mol. The number of hydrogen-bond acceptors (Lipinski definition) is 4. The van der Waals surface area contributed by atoms with Crippen molar-refractivity contribution in [2.24, 2.45) is 0 Å². The van der Waals surface area contributed by atoms with Gasteiger partial charge in [-0.15, -0.1) is 22.7 Å². The zero-order valence-electron chi connectivity index (χ0n) is 9.24. The molecule has 0 saturated heterocycles. The van der Waals surface area contributed by atoms with Crippen LogP contribution in [-0.2, 0) is 6.54 Å². The Bertz CT molecular complexity index is 539. The van der Waals surface area contributed by atoms with E-state index in [9.17, 15) is 0 Å². The van der Waals surface area contributed by atoms with Crippen LogP contribution in [0.1, 0.15) is 28.3 Å². The van der Waals surface area contributed by atoms with Crippen LogP contribution in [0.25, 0.3) is 0 Å². The molecule has 0 aliphatic carbocycles. The first kappa shape index (κ1) is 12.6. The molecule has 1 atom stereocenters. The number of thiophene rings is 2. The van der Waals surface area contributed by atoms with Crippen molar-refractivity contribution in [1.29, 1.82) is 5.26 Å². The van der Waals surface area contributed by atoms with Crippen LogP contribution >= 0.6 is 34.3 Å². The summed E-state index contributed by atoms with van der Waals surface area (Å²) >= 11 is 9.10. The molecule has 17 heavy (non-hydrogen) atoms. The zero-order chi connectivity index (χ0) is 12.3. The van der Waals surface area contributed by atoms with E-state index in [2.05, 4.69) is 18.3 Å². The first-order valence-electron chi connectivity index (χ1n) is 5.15. The molecular formula is C12H11ClN2S2. The summed E-state index contributed by atoms with van der Waals surface area (Å²) in [7, 11) is 0. The first-order valence-corrected chi connectivity index (χ1v) is 7.22. The molecule has 0 spiro atoms. The lowest BCUT2D eigenvalue weighted by Gasteiger charge is -2.10. The molecule has 0 amide bonds. The fourth-order valence-corrected chi connectivity index (χ4v) is 3.30. The zero-order valence-corrected chi connectivity index (χ0v) is 11.6. The van der Waals surface area contributed by atoms with E-state index in [0.29, 0.717) is 0 Å². The number of hydrogen-bond donors (Lipinski definition) is 1. The predicted octanol–water partition coefficient (Wildman–Crippen LogP) is 4.19. The minimum absolute atomic E-state index is 0.278. The molecule has 0 saturated carbocycles. The Morgan fingerprint density at radius 1 is 1.53 bits per heavy atom. The van der Waals surface area contributed by atoms with Gasteiger partial charge in [0.25, 0.3) is 0 Å². The van der Waals surface area contributed by atoms with E-state index >= 15 is 0 Å². The predicted molar refractivity (Wildman–Crippen MR) is 73.6 cm³/mol. The second kappa shape index (κ2) is 5.65. The van der Waals surface area contributed by atoms with Gasteiger partial charge in [-0.3, -0.25) is 0 Å². The number of nitriles is 1. The molecule has 5 heteroatoms. The van der Waals surface area contributed by atoms with Gasteiger partial charge in [0.1, 0.15) is 6.07 Å². The van der Waals surface area contributed by atoms with E-state index in [-0.39, 0.29) is 6.04 Å². The van der Waals surface area contributed by atoms with Gasteiger partial charge in [-0.25, -0.2) is 0 Å². The second-order valence-corrected chi connectivity index (χ2v) is 6.40. The van der Waals surface area contributed by atoms with Crippen LogP contribution in [0.5, 0.6) is 0 Å². The largest absolute Gasteiger partial charge is 0.305 e. The Morgan fingerprint density at radius 3 is 2.94 bits per heavy atom. The molecule has 0 bridgehead atoms. The maximum atomic E-state index is 8.73. The van der Waals surface area contributed by atoms with Gasteiger partial charge in [-0.05, 0) is 25.1 Å². The van der Waals surface area contributed by atoms with Gasteiger partial charge in [0.15, 0.2) is 0 Å². The molecular weight excluding hydrogens is 272 g/mol. The first-order chi connectivity index (χ1) is 8.19. The molecule has 0 radical (unpaired) electrons. The Hall–Kier alpha value is -0.860. The highest BCUT2D eigenvalue weighted by Gasteiger charge is 2.08. The Balaban J connectivity index is 1.92. The van der Waals surface area contributed by atoms with Crippen LogP contribution in [0.15, 0.2) is 23.6 Å². The highest BCUT2D eigenvalue weighted by atomic mass is 35.5. The van der Waals surface area contributed by atoms with Gasteiger partial charge in [0.2, 0.25) is 0 Å². The molecule has 0 aromatic carbocycles. The normalized spacial score (nSPS) is 12.3. The standard InChI is InChI=1S/C12H11ClN2S2/c1-8(11-2-3-12(13)17-11)15-6-10-4-9(5-14)7-16-10/h2-4,7-8,15H,6H2,1H3. The lowest BCUT2D eigenvalue weighted by molar-refractivity contribution is 0.587. The third kappa shape index (κ3) is 3.30. The smallest absolute Gasteiger partial charge is 0.100 e. The third-order valence-corrected chi connectivity index (χ3v) is 4.74. The van der Waals surface area contributed by atoms with Gasteiger partial charge < -0.3 is 5.32 Å². The molecule has 0 aliphatic heterocycles. The summed E-state index contributed by atoms with van der Waals surface area (Å²) < 4.78 is 0.816. The molecule has 1 N–H and O–H groups in total. The van der Waals surface area contributed by atoms with Gasteiger partial charge >= 0.3 is 0 Å². The molecule has 2 aromatic rings. The summed E-state index contributed by atoms with van der Waals surface area (Å²) in [6, 6.07) is 8.29. The summed E-state index contributed by atoms with van der Waals surface area (Å²) in [5.41, 5.74) is 0.735. The fraction of sp³-hybridized carbons (Fsp3) is 0.250. The van der Waals surface area contributed by atoms with Crippen molar-refractivity contribution in [3.8, 4) is 6.07 Å². The Morgan fingerprint density at radius 2 is 2.35 bits per heavy atom. The SMILES string of the molecule is CC(NCc1cc(C#N)cs1)c1ccc(Cl)s1. The van der Waals surface area contributed by atoms with E-state index in [4.69, 9.17) is 16.9 Å². The molecule has 88 valence electrons. The number of rotatable bonds is 4. The maximum Gasteiger partial charge on any atom is 0.100 e. The molecule has 2 nitrogen and oxygen atoms in total. The lowest BCUT2D eigenvalue weighted by Crippen LogP contribution is -2.16. The topological polar surface area (TPSA) is 35.8 Å². The highest BCUT2D eigenvalue weighted by molar-refractivity contribution is 7.16. The monoisotopic (exact) mass is 282 g/mol. The van der Waals surface area contributed by atoms with Crippen LogP contribution in [0, 0.1) is 11.3 Å². The summed E-state index contributed by atoms with van der Waals surface area (Å²) in [5, 5.41) is 14.0. The maximum absolute atomic E-state index is 8.73. The minimum atomic E-state index is 0.278. The van der Waals surface area contributed by atoms with Crippen molar-refractivity contribution in [3.63, 3.8) is 0 Å². The summed E-state index contributed by atoms with van der Waals surface area (Å²) in [5.74, 6) is 0. The Kier molecular flexibility index (Phi) is 4.19. The third-order valence-electron chi connectivity index (χ3n) is 2.39. The van der Waals surface area contributed by atoms with Gasteiger partial charge in [0, 0.05) is 27.7 Å². The van der Waals surface area contributed by atoms with Crippen molar-refractivity contribution >= 4 is 34.3 Å². The van der Waals surface area contributed by atoms with Gasteiger partial charge in [-0.1, -0.05) is 11.6 Å². The molecule has 0 aliphatic rings. The Labute approximate surface area is 113 Å². The molecule has 2 rings (SSSR count). The molecule has 1 unspecified atom stereocenters. The quantitative estimate of drug-likeness (QED) is 0.913. The van der Waals surface area contributed by atoms with Gasteiger partial charge in [-0.2, -0.15) is 5.26 Å². The second-order valence-electron chi connectivity index (χ2n) is 3.66. The van der Waals surface area contributed by atoms with E-state index in [1.807, 2.05) is 23.6 Å². The fourth-order valence-electron chi connectivity index (χ4n) is 1.45. The van der Waals surface area contributed by atoms with Crippen LogP contribution in [0.3, 0.4) is 0 Å². The van der Waals surface area contributed by atoms with E-state index in [1.165, 1.54) is 9.75 Å². The van der Waals surface area contributed by atoms with Crippen LogP contribution < -0.4 is 5.32 Å². The summed E-state index contributed by atoms with van der Waals surface area (Å²) in [6.45, 7) is 2.89. The number of nitrogens with zero attached hydrogens (tertiary/aromatic N) is 1. The van der Waals surface area contributed by atoms with Crippen molar-refractivity contribution in [1.82, 2.24) is 5.32 Å². The minimum Gasteiger partial charge on any atom is -0.305 e. The molecule has 2 aromatic heterocycles. The summed E-state index contributed by atoms with van der Waals surface area (Å²) in [4.78, 5) is 2.41. The number of nitrogens with one attached hydrogen (secondary N) is 1. The highest BCUT2D eigenvalue weighted by Crippen LogP contribution is 2.27. The van der Waals surface area contributed by atoms with Crippen LogP contribution in [0.2, 0.25) is 4.34 Å². The lowest BCUT2D eigenvalue weighted by atomic mass is 10.2. The molecule has 0 fully saturated rings. The van der Waals surface area contributed by atoms with E-state index in [1.54, 1.807) is 22.7 Å². The van der Waals surface area contributed by atoms with Crippen molar-refractivity contribution in [2.75, 3.05) is 0 Å². The number of halogens is 1. The van der Waals surface area contributed by atoms with Crippen molar-refractivity contribution in [2.45, 2.75) is 19.5 Å². The van der Waals surface area contributed by atoms with Crippen LogP contribution in [-0.4, -0.2) is 0 Å². The van der Waals surface area contributed by atoms with Crippen molar-refractivity contribution < 1.29 is 0 Å². The average Bonchev–Trinajstić information content (AvgIpc) is 2.94.